The molecule has 6 nitrogen and oxygen atoms in total. The molecule has 0 aromatic heterocycles. The van der Waals surface area contributed by atoms with Crippen molar-refractivity contribution in [1.82, 2.24) is 15.1 Å². The van der Waals surface area contributed by atoms with Crippen molar-refractivity contribution in [3.8, 4) is 0 Å². The Balaban J connectivity index is 1.87. The van der Waals surface area contributed by atoms with Gasteiger partial charge in [0.05, 0.1) is 0 Å². The Labute approximate surface area is 143 Å². The molecule has 0 spiro atoms. The Bertz CT molecular complexity index is 587. The highest BCUT2D eigenvalue weighted by Crippen LogP contribution is 2.14. The van der Waals surface area contributed by atoms with E-state index in [0.717, 1.165) is 25.2 Å². The topological polar surface area (TPSA) is 61.9 Å². The Kier molecular flexibility index (Phi) is 5.83. The maximum atomic E-state index is 12.1. The minimum Gasteiger partial charge on any atom is -0.444 e. The molecule has 0 radical (unpaired) electrons. The van der Waals surface area contributed by atoms with Crippen LogP contribution in [0.4, 0.5) is 4.79 Å². The lowest BCUT2D eigenvalue weighted by Crippen LogP contribution is -2.49. The second kappa shape index (κ2) is 7.66. The van der Waals surface area contributed by atoms with Crippen molar-refractivity contribution in [1.29, 1.82) is 0 Å². The van der Waals surface area contributed by atoms with E-state index in [1.165, 1.54) is 0 Å². The normalized spacial score (nSPS) is 15.9. The number of carbonyl (C=O) groups excluding carboxylic acids is 2. The molecular formula is C18H27N3O3. The number of piperazine rings is 1. The van der Waals surface area contributed by atoms with E-state index in [2.05, 4.69) is 10.2 Å². The largest absolute Gasteiger partial charge is 0.444 e. The maximum Gasteiger partial charge on any atom is 0.410 e. The summed E-state index contributed by atoms with van der Waals surface area (Å²) in [5.74, 6) is -0.0772. The summed E-state index contributed by atoms with van der Waals surface area (Å²) in [6, 6.07) is 7.64. The molecule has 0 unspecified atom stereocenters. The van der Waals surface area contributed by atoms with Gasteiger partial charge in [0.25, 0.3) is 5.91 Å². The molecule has 0 bridgehead atoms. The fourth-order valence-electron chi connectivity index (χ4n) is 2.63. The van der Waals surface area contributed by atoms with Gasteiger partial charge >= 0.3 is 6.09 Å². The van der Waals surface area contributed by atoms with Crippen LogP contribution in [0.5, 0.6) is 0 Å². The van der Waals surface area contributed by atoms with Crippen molar-refractivity contribution in [2.45, 2.75) is 32.9 Å². The van der Waals surface area contributed by atoms with Crippen molar-refractivity contribution >= 4 is 12.0 Å². The summed E-state index contributed by atoms with van der Waals surface area (Å²) in [5.41, 5.74) is 1.30. The van der Waals surface area contributed by atoms with Gasteiger partial charge in [-0.15, -0.1) is 0 Å². The molecule has 1 saturated heterocycles. The lowest BCUT2D eigenvalue weighted by Gasteiger charge is -2.35. The lowest BCUT2D eigenvalue weighted by atomic mass is 10.1. The number of amides is 2. The smallest absolute Gasteiger partial charge is 0.410 e. The van der Waals surface area contributed by atoms with Crippen LogP contribution in [-0.4, -0.2) is 60.6 Å². The van der Waals surface area contributed by atoms with Crippen LogP contribution in [0.1, 0.15) is 36.7 Å². The number of hydrogen-bond acceptors (Lipinski definition) is 4. The van der Waals surface area contributed by atoms with Crippen LogP contribution >= 0.6 is 0 Å². The maximum absolute atomic E-state index is 12.1. The molecule has 1 aliphatic rings. The number of ether oxygens (including phenoxy) is 1. The van der Waals surface area contributed by atoms with Gasteiger partial charge < -0.3 is 15.0 Å². The third kappa shape index (κ3) is 5.23. The van der Waals surface area contributed by atoms with E-state index < -0.39 is 5.60 Å². The van der Waals surface area contributed by atoms with Crippen LogP contribution in [0.15, 0.2) is 24.3 Å². The van der Waals surface area contributed by atoms with E-state index in [0.29, 0.717) is 18.7 Å². The molecule has 0 atom stereocenters. The summed E-state index contributed by atoms with van der Waals surface area (Å²) in [7, 11) is 1.63. The zero-order valence-electron chi connectivity index (χ0n) is 15.0. The van der Waals surface area contributed by atoms with Crippen molar-refractivity contribution in [2.24, 2.45) is 0 Å². The van der Waals surface area contributed by atoms with E-state index in [9.17, 15) is 9.59 Å². The average molecular weight is 333 g/mol. The Morgan fingerprint density at radius 1 is 1.17 bits per heavy atom. The first kappa shape index (κ1) is 18.3. The van der Waals surface area contributed by atoms with E-state index in [1.54, 1.807) is 11.9 Å². The molecule has 0 aliphatic carbocycles. The summed E-state index contributed by atoms with van der Waals surface area (Å²) in [6.07, 6.45) is -0.247. The fraction of sp³-hybridized carbons (Fsp3) is 0.556. The van der Waals surface area contributed by atoms with Gasteiger partial charge in [-0.2, -0.15) is 0 Å². The number of benzene rings is 1. The summed E-state index contributed by atoms with van der Waals surface area (Å²) >= 11 is 0. The molecule has 1 aliphatic heterocycles. The van der Waals surface area contributed by atoms with E-state index in [4.69, 9.17) is 4.74 Å². The first-order valence-corrected chi connectivity index (χ1v) is 8.30. The quantitative estimate of drug-likeness (QED) is 0.920. The highest BCUT2D eigenvalue weighted by Gasteiger charge is 2.25. The minimum absolute atomic E-state index is 0.0772. The van der Waals surface area contributed by atoms with Crippen LogP contribution in [0.2, 0.25) is 0 Å². The van der Waals surface area contributed by atoms with Gasteiger partial charge in [-0.05, 0) is 38.5 Å². The molecule has 1 N–H and O–H groups in total. The SMILES string of the molecule is CNC(=O)c1cccc(CN2CCN(C(=O)OC(C)(C)C)CC2)c1. The predicted octanol–water partition coefficient (Wildman–Crippen LogP) is 2.10. The number of carbonyl (C=O) groups is 2. The summed E-state index contributed by atoms with van der Waals surface area (Å²) in [4.78, 5) is 27.8. The van der Waals surface area contributed by atoms with Gasteiger partial charge in [-0.1, -0.05) is 12.1 Å². The second-order valence-corrected chi connectivity index (χ2v) is 7.02. The zero-order chi connectivity index (χ0) is 17.7. The van der Waals surface area contributed by atoms with E-state index in [-0.39, 0.29) is 12.0 Å². The highest BCUT2D eigenvalue weighted by atomic mass is 16.6. The van der Waals surface area contributed by atoms with Crippen LogP contribution in [-0.2, 0) is 11.3 Å². The Morgan fingerprint density at radius 3 is 2.42 bits per heavy atom. The fourth-order valence-corrected chi connectivity index (χ4v) is 2.63. The third-order valence-electron chi connectivity index (χ3n) is 3.85. The second-order valence-electron chi connectivity index (χ2n) is 7.02. The van der Waals surface area contributed by atoms with Crippen LogP contribution < -0.4 is 5.32 Å². The molecule has 1 fully saturated rings. The number of nitrogens with zero attached hydrogens (tertiary/aromatic N) is 2. The number of hydrogen-bond donors (Lipinski definition) is 1. The molecule has 1 aromatic carbocycles. The third-order valence-corrected chi connectivity index (χ3v) is 3.85. The molecule has 132 valence electrons. The zero-order valence-corrected chi connectivity index (χ0v) is 15.0. The number of rotatable bonds is 3. The van der Waals surface area contributed by atoms with Gasteiger partial charge in [-0.25, -0.2) is 4.79 Å². The first-order chi connectivity index (χ1) is 11.3. The molecule has 1 heterocycles. The predicted molar refractivity (Wildman–Crippen MR) is 92.9 cm³/mol. The molecular weight excluding hydrogens is 306 g/mol. The van der Waals surface area contributed by atoms with Crippen molar-refractivity contribution < 1.29 is 14.3 Å². The first-order valence-electron chi connectivity index (χ1n) is 8.30. The van der Waals surface area contributed by atoms with E-state index >= 15 is 0 Å². The standard InChI is InChI=1S/C18H27N3O3/c1-18(2,3)24-17(23)21-10-8-20(9-11-21)13-14-6-5-7-15(12-14)16(22)19-4/h5-7,12H,8-11,13H2,1-4H3,(H,19,22). The highest BCUT2D eigenvalue weighted by molar-refractivity contribution is 5.94. The average Bonchev–Trinajstić information content (AvgIpc) is 2.53. The summed E-state index contributed by atoms with van der Waals surface area (Å²) in [5, 5.41) is 2.64. The Hall–Kier alpha value is -2.08. The molecule has 0 saturated carbocycles. The van der Waals surface area contributed by atoms with Gasteiger partial charge in [0, 0.05) is 45.3 Å². The summed E-state index contributed by atoms with van der Waals surface area (Å²) < 4.78 is 5.41. The van der Waals surface area contributed by atoms with Gasteiger partial charge in [0.2, 0.25) is 0 Å². The lowest BCUT2D eigenvalue weighted by molar-refractivity contribution is 0.0139. The molecule has 1 aromatic rings. The van der Waals surface area contributed by atoms with Crippen LogP contribution in [0.3, 0.4) is 0 Å². The van der Waals surface area contributed by atoms with Crippen LogP contribution in [0.25, 0.3) is 0 Å². The van der Waals surface area contributed by atoms with Crippen molar-refractivity contribution in [3.05, 3.63) is 35.4 Å². The van der Waals surface area contributed by atoms with Crippen molar-refractivity contribution in [3.63, 3.8) is 0 Å². The van der Waals surface area contributed by atoms with Crippen LogP contribution in [0, 0.1) is 0 Å². The number of nitrogens with one attached hydrogen (secondary N) is 1. The minimum atomic E-state index is -0.464. The monoisotopic (exact) mass is 333 g/mol. The molecule has 6 heteroatoms. The summed E-state index contributed by atoms with van der Waals surface area (Å²) in [6.45, 7) is 9.30. The molecule has 2 amide bonds. The van der Waals surface area contributed by atoms with Gasteiger partial charge in [0.1, 0.15) is 5.60 Å². The Morgan fingerprint density at radius 2 is 1.83 bits per heavy atom. The molecule has 2 rings (SSSR count). The molecule has 24 heavy (non-hydrogen) atoms. The van der Waals surface area contributed by atoms with Gasteiger partial charge in [0.15, 0.2) is 0 Å². The van der Waals surface area contributed by atoms with Crippen molar-refractivity contribution in [2.75, 3.05) is 33.2 Å². The van der Waals surface area contributed by atoms with Gasteiger partial charge in [-0.3, -0.25) is 9.69 Å². The van der Waals surface area contributed by atoms with E-state index in [1.807, 2.05) is 45.0 Å².